The number of carbonyl (C=O) groups is 2. The third-order valence-corrected chi connectivity index (χ3v) is 3.66. The van der Waals surface area contributed by atoms with Crippen molar-refractivity contribution in [3.05, 3.63) is 0 Å². The number of fused-ring (bicyclic) bond motifs is 1. The molecule has 0 bridgehead atoms. The van der Waals surface area contributed by atoms with E-state index >= 15 is 0 Å². The number of amides is 3. The molecule has 2 aliphatic heterocycles. The van der Waals surface area contributed by atoms with Crippen LogP contribution in [0.4, 0.5) is 4.79 Å². The van der Waals surface area contributed by atoms with E-state index in [0.717, 1.165) is 0 Å². The molecule has 2 fully saturated rings. The van der Waals surface area contributed by atoms with Crippen molar-refractivity contribution in [2.45, 2.75) is 25.9 Å². The van der Waals surface area contributed by atoms with Crippen LogP contribution in [0.1, 0.15) is 13.8 Å². The summed E-state index contributed by atoms with van der Waals surface area (Å²) in [4.78, 5) is 29.3. The summed E-state index contributed by atoms with van der Waals surface area (Å²) < 4.78 is 5.28. The molecule has 18 heavy (non-hydrogen) atoms. The standard InChI is InChI=1S/C12H21N3O3/c1-4-18-6-5-14-8-10-7-13(3)11(16)9(2)15(10)12(14)17/h9-10H,4-8H2,1-3H3/t9-,10+/m0/s1. The van der Waals surface area contributed by atoms with Crippen LogP contribution in [0.15, 0.2) is 0 Å². The predicted octanol–water partition coefficient (Wildman–Crippen LogP) is -0.0104. The fraction of sp³-hybridized carbons (Fsp3) is 0.833. The zero-order valence-electron chi connectivity index (χ0n) is 11.3. The molecule has 2 heterocycles. The largest absolute Gasteiger partial charge is 0.380 e. The number of nitrogens with zero attached hydrogens (tertiary/aromatic N) is 3. The molecule has 3 amide bonds. The molecule has 0 aromatic heterocycles. The molecule has 2 atom stereocenters. The van der Waals surface area contributed by atoms with Crippen molar-refractivity contribution in [2.24, 2.45) is 0 Å². The number of ether oxygens (including phenoxy) is 1. The molecule has 2 rings (SSSR count). The molecule has 6 heteroatoms. The van der Waals surface area contributed by atoms with Gasteiger partial charge in [-0.05, 0) is 13.8 Å². The van der Waals surface area contributed by atoms with Gasteiger partial charge >= 0.3 is 6.03 Å². The quantitative estimate of drug-likeness (QED) is 0.664. The molecule has 0 aromatic rings. The lowest BCUT2D eigenvalue weighted by molar-refractivity contribution is -0.139. The van der Waals surface area contributed by atoms with Gasteiger partial charge in [0.15, 0.2) is 0 Å². The van der Waals surface area contributed by atoms with E-state index in [-0.39, 0.29) is 24.0 Å². The Balaban J connectivity index is 2.01. The van der Waals surface area contributed by atoms with Gasteiger partial charge in [-0.15, -0.1) is 0 Å². The second-order valence-electron chi connectivity index (χ2n) is 4.88. The van der Waals surface area contributed by atoms with E-state index in [2.05, 4.69) is 0 Å². The highest BCUT2D eigenvalue weighted by atomic mass is 16.5. The van der Waals surface area contributed by atoms with Crippen molar-refractivity contribution in [2.75, 3.05) is 39.9 Å². The number of hydrogen-bond acceptors (Lipinski definition) is 3. The SMILES string of the molecule is CCOCCN1C[C@H]2CN(C)C(=O)[C@H](C)N2C1=O. The van der Waals surface area contributed by atoms with E-state index in [9.17, 15) is 9.59 Å². The van der Waals surface area contributed by atoms with Gasteiger partial charge in [0, 0.05) is 33.3 Å². The Hall–Kier alpha value is -1.30. The topological polar surface area (TPSA) is 53.1 Å². The maximum absolute atomic E-state index is 12.2. The van der Waals surface area contributed by atoms with Gasteiger partial charge in [0.1, 0.15) is 6.04 Å². The zero-order chi connectivity index (χ0) is 13.3. The van der Waals surface area contributed by atoms with E-state index in [1.165, 1.54) is 0 Å². The van der Waals surface area contributed by atoms with Crippen molar-refractivity contribution in [3.8, 4) is 0 Å². The highest BCUT2D eigenvalue weighted by Crippen LogP contribution is 2.24. The Bertz CT molecular complexity index is 347. The van der Waals surface area contributed by atoms with Crippen LogP contribution in [0.25, 0.3) is 0 Å². The predicted molar refractivity (Wildman–Crippen MR) is 66.2 cm³/mol. The first-order valence-corrected chi connectivity index (χ1v) is 6.46. The number of rotatable bonds is 4. The number of urea groups is 1. The average molecular weight is 255 g/mol. The van der Waals surface area contributed by atoms with Crippen molar-refractivity contribution >= 4 is 11.9 Å². The lowest BCUT2D eigenvalue weighted by atomic mass is 10.1. The smallest absolute Gasteiger partial charge is 0.321 e. The molecule has 0 saturated carbocycles. The van der Waals surface area contributed by atoms with Crippen molar-refractivity contribution in [1.29, 1.82) is 0 Å². The third-order valence-electron chi connectivity index (χ3n) is 3.66. The summed E-state index contributed by atoms with van der Waals surface area (Å²) in [5.41, 5.74) is 0. The fourth-order valence-corrected chi connectivity index (χ4v) is 2.72. The third kappa shape index (κ3) is 2.16. The van der Waals surface area contributed by atoms with Gasteiger partial charge in [-0.2, -0.15) is 0 Å². The summed E-state index contributed by atoms with van der Waals surface area (Å²) >= 11 is 0. The van der Waals surface area contributed by atoms with Crippen LogP contribution in [-0.4, -0.2) is 78.6 Å². The van der Waals surface area contributed by atoms with Gasteiger partial charge in [-0.3, -0.25) is 4.79 Å². The highest BCUT2D eigenvalue weighted by Gasteiger charge is 2.46. The molecule has 0 radical (unpaired) electrons. The Morgan fingerprint density at radius 2 is 2.06 bits per heavy atom. The molecule has 6 nitrogen and oxygen atoms in total. The van der Waals surface area contributed by atoms with E-state index in [4.69, 9.17) is 4.74 Å². The first-order chi connectivity index (χ1) is 8.56. The second-order valence-corrected chi connectivity index (χ2v) is 4.88. The lowest BCUT2D eigenvalue weighted by Crippen LogP contribution is -2.58. The summed E-state index contributed by atoms with van der Waals surface area (Å²) in [6.07, 6.45) is 0. The van der Waals surface area contributed by atoms with Crippen LogP contribution in [0.2, 0.25) is 0 Å². The maximum atomic E-state index is 12.2. The number of carbonyl (C=O) groups excluding carboxylic acids is 2. The maximum Gasteiger partial charge on any atom is 0.321 e. The van der Waals surface area contributed by atoms with Gasteiger partial charge in [0.2, 0.25) is 5.91 Å². The first-order valence-electron chi connectivity index (χ1n) is 6.46. The van der Waals surface area contributed by atoms with Gasteiger partial charge in [-0.25, -0.2) is 4.79 Å². The van der Waals surface area contributed by atoms with Crippen molar-refractivity contribution < 1.29 is 14.3 Å². The summed E-state index contributed by atoms with van der Waals surface area (Å²) in [5, 5.41) is 0. The van der Waals surface area contributed by atoms with Crippen LogP contribution in [-0.2, 0) is 9.53 Å². The number of piperazine rings is 1. The molecule has 0 N–H and O–H groups in total. The number of hydrogen-bond donors (Lipinski definition) is 0. The Kier molecular flexibility index (Phi) is 3.75. The minimum absolute atomic E-state index is 0.0197. The minimum atomic E-state index is -0.349. The van der Waals surface area contributed by atoms with E-state index in [0.29, 0.717) is 32.8 Å². The lowest BCUT2D eigenvalue weighted by Gasteiger charge is -2.38. The van der Waals surface area contributed by atoms with Crippen LogP contribution in [0.5, 0.6) is 0 Å². The summed E-state index contributed by atoms with van der Waals surface area (Å²) in [6.45, 7) is 6.87. The van der Waals surface area contributed by atoms with Gasteiger partial charge in [0.25, 0.3) is 0 Å². The molecule has 102 valence electrons. The Morgan fingerprint density at radius 1 is 1.33 bits per heavy atom. The van der Waals surface area contributed by atoms with Crippen LogP contribution in [0, 0.1) is 0 Å². The fourth-order valence-electron chi connectivity index (χ4n) is 2.72. The van der Waals surface area contributed by atoms with Gasteiger partial charge in [0.05, 0.1) is 12.6 Å². The minimum Gasteiger partial charge on any atom is -0.380 e. The van der Waals surface area contributed by atoms with Crippen LogP contribution in [0.3, 0.4) is 0 Å². The molecular formula is C12H21N3O3. The normalized spacial score (nSPS) is 28.1. The molecule has 0 aliphatic carbocycles. The van der Waals surface area contributed by atoms with Gasteiger partial charge in [-0.1, -0.05) is 0 Å². The molecular weight excluding hydrogens is 234 g/mol. The number of likely N-dealkylation sites (N-methyl/N-ethyl adjacent to an activating group) is 1. The van der Waals surface area contributed by atoms with E-state index in [1.54, 1.807) is 28.7 Å². The van der Waals surface area contributed by atoms with Crippen LogP contribution >= 0.6 is 0 Å². The summed E-state index contributed by atoms with van der Waals surface area (Å²) in [7, 11) is 1.80. The van der Waals surface area contributed by atoms with Gasteiger partial charge < -0.3 is 19.4 Å². The molecule has 0 aromatic carbocycles. The molecule has 0 spiro atoms. The highest BCUT2D eigenvalue weighted by molar-refractivity contribution is 5.89. The molecule has 2 aliphatic rings. The Labute approximate surface area is 107 Å². The van der Waals surface area contributed by atoms with E-state index in [1.807, 2.05) is 6.92 Å². The monoisotopic (exact) mass is 255 g/mol. The summed E-state index contributed by atoms with van der Waals surface area (Å²) in [5.74, 6) is 0.0197. The van der Waals surface area contributed by atoms with Crippen molar-refractivity contribution in [3.63, 3.8) is 0 Å². The average Bonchev–Trinajstić information content (AvgIpc) is 2.64. The molecule has 0 unspecified atom stereocenters. The molecule has 2 saturated heterocycles. The second kappa shape index (κ2) is 5.14. The van der Waals surface area contributed by atoms with Crippen LogP contribution < -0.4 is 0 Å². The van der Waals surface area contributed by atoms with Crippen molar-refractivity contribution in [1.82, 2.24) is 14.7 Å². The van der Waals surface area contributed by atoms with E-state index < -0.39 is 0 Å². The first kappa shape index (κ1) is 13.1. The Morgan fingerprint density at radius 3 is 2.72 bits per heavy atom. The zero-order valence-corrected chi connectivity index (χ0v) is 11.3. The summed E-state index contributed by atoms with van der Waals surface area (Å²) in [6, 6.07) is -0.260.